The predicted molar refractivity (Wildman–Crippen MR) is 201 cm³/mol. The van der Waals surface area contributed by atoms with Crippen molar-refractivity contribution in [2.45, 2.75) is 24.3 Å². The zero-order chi connectivity index (χ0) is 35.9. The summed E-state index contributed by atoms with van der Waals surface area (Å²) in [6.07, 6.45) is 10.9. The number of carboxylic acid groups (broad SMARTS) is 1. The number of thioether (sulfide) groups is 1. The Kier molecular flexibility index (Phi) is 18.8. The highest BCUT2D eigenvalue weighted by molar-refractivity contribution is 8.03. The number of aliphatic hydroxyl groups excluding tert-OH is 1. The molecular formula is C38H49N2O9S2+. The van der Waals surface area contributed by atoms with Crippen molar-refractivity contribution < 1.29 is 48.0 Å². The lowest BCUT2D eigenvalue weighted by Gasteiger charge is -2.20. The van der Waals surface area contributed by atoms with Gasteiger partial charge in [0.1, 0.15) is 11.3 Å². The number of carboxylic acids is 1. The monoisotopic (exact) mass is 741 g/mol. The van der Waals surface area contributed by atoms with Gasteiger partial charge in [0.15, 0.2) is 6.54 Å². The van der Waals surface area contributed by atoms with E-state index in [1.807, 2.05) is 0 Å². The molecule has 0 unspecified atom stereocenters. The Morgan fingerprint density at radius 2 is 1.33 bits per heavy atom. The smallest absolute Gasteiger partial charge is 0.305 e. The average Bonchev–Trinajstić information content (AvgIpc) is 3.66. The van der Waals surface area contributed by atoms with E-state index in [-0.39, 0.29) is 18.8 Å². The van der Waals surface area contributed by atoms with Crippen LogP contribution in [-0.4, -0.2) is 102 Å². The Hall–Kier alpha value is -3.53. The van der Waals surface area contributed by atoms with Crippen molar-refractivity contribution in [3.63, 3.8) is 0 Å². The lowest BCUT2D eigenvalue weighted by atomic mass is 10.3. The molecule has 11 nitrogen and oxygen atoms in total. The summed E-state index contributed by atoms with van der Waals surface area (Å²) in [6, 6.07) is 16.8. The number of anilines is 1. The van der Waals surface area contributed by atoms with Gasteiger partial charge in [-0.3, -0.25) is 4.79 Å². The molecule has 0 aliphatic carbocycles. The Morgan fingerprint density at radius 1 is 0.725 bits per heavy atom. The summed E-state index contributed by atoms with van der Waals surface area (Å²) in [5.74, 6) is -0.743. The van der Waals surface area contributed by atoms with Crippen LogP contribution in [0, 0.1) is 0 Å². The molecule has 0 fully saturated rings. The van der Waals surface area contributed by atoms with Crippen LogP contribution in [0.3, 0.4) is 0 Å². The third-order valence-corrected chi connectivity index (χ3v) is 9.64. The zero-order valence-corrected chi connectivity index (χ0v) is 30.6. The van der Waals surface area contributed by atoms with E-state index in [0.717, 1.165) is 16.6 Å². The number of fused-ring (bicyclic) bond motifs is 2. The molecule has 2 N–H and O–H groups in total. The van der Waals surface area contributed by atoms with Crippen LogP contribution in [0.5, 0.6) is 0 Å². The molecule has 51 heavy (non-hydrogen) atoms. The van der Waals surface area contributed by atoms with Gasteiger partial charge in [-0.2, -0.15) is 4.57 Å². The third-order valence-electron chi connectivity index (χ3n) is 7.37. The first-order chi connectivity index (χ1) is 25.0. The molecular weight excluding hydrogens is 693 g/mol. The number of rotatable bonds is 27. The van der Waals surface area contributed by atoms with Crippen molar-refractivity contribution in [1.82, 2.24) is 0 Å². The van der Waals surface area contributed by atoms with E-state index in [1.165, 1.54) is 20.8 Å². The van der Waals surface area contributed by atoms with Crippen molar-refractivity contribution in [2.75, 3.05) is 90.7 Å². The minimum atomic E-state index is -0.870. The number of para-hydroxylation sites is 2. The van der Waals surface area contributed by atoms with Crippen molar-refractivity contribution in [2.24, 2.45) is 0 Å². The van der Waals surface area contributed by atoms with Gasteiger partial charge in [0.2, 0.25) is 5.52 Å². The van der Waals surface area contributed by atoms with E-state index >= 15 is 0 Å². The summed E-state index contributed by atoms with van der Waals surface area (Å²) in [4.78, 5) is 14.0. The van der Waals surface area contributed by atoms with Crippen LogP contribution in [0.15, 0.2) is 95.1 Å². The van der Waals surface area contributed by atoms with Gasteiger partial charge < -0.3 is 43.5 Å². The summed E-state index contributed by atoms with van der Waals surface area (Å²) in [7, 11) is 0. The molecule has 2 heterocycles. The highest BCUT2D eigenvalue weighted by atomic mass is 32.2. The molecule has 1 aliphatic rings. The molecule has 0 spiro atoms. The standard InChI is InChI=1S/C38H48N2O9S2/c1-31(41)15-19-44-23-27-48-29-25-46-21-17-39-32-9-5-7-11-34(32)50-36(39)13-3-2-4-14-37-40(33-10-6-8-12-35(33)51-37)18-22-47-26-30-49-28-24-45-20-16-38(42)43/h2-14H,1,15-30H2,(H-,41,42,43)/p+1. The predicted octanol–water partition coefficient (Wildman–Crippen LogP) is 6.25. The van der Waals surface area contributed by atoms with Crippen molar-refractivity contribution >= 4 is 51.0 Å². The molecule has 0 amide bonds. The SMILES string of the molecule is C=C(O)CCOCCOCCOCC[n+]1c(/C=C/C=C/C=C2\Sc3ccccc3N2CCOCCOCCOCCC(=O)O)sc2ccccc21. The maximum absolute atomic E-state index is 10.5. The van der Waals surface area contributed by atoms with Crippen molar-refractivity contribution in [3.05, 3.63) is 95.2 Å². The number of thiazole rings is 1. The molecule has 13 heteroatoms. The molecule has 0 saturated heterocycles. The van der Waals surface area contributed by atoms with Gasteiger partial charge in [0, 0.05) is 30.0 Å². The fourth-order valence-electron chi connectivity index (χ4n) is 4.90. The molecule has 0 radical (unpaired) electrons. The Morgan fingerprint density at radius 3 is 2.04 bits per heavy atom. The van der Waals surface area contributed by atoms with Gasteiger partial charge in [-0.25, -0.2) is 0 Å². The first-order valence-corrected chi connectivity index (χ1v) is 18.7. The maximum Gasteiger partial charge on any atom is 0.305 e. The third kappa shape index (κ3) is 14.9. The second-order valence-corrected chi connectivity index (χ2v) is 13.3. The summed E-state index contributed by atoms with van der Waals surface area (Å²) >= 11 is 3.50. The molecule has 0 atom stereocenters. The average molecular weight is 742 g/mol. The number of carbonyl (C=O) groups is 1. The fraction of sp³-hybridized carbons (Fsp3) is 0.421. The number of allylic oxidation sites excluding steroid dienone is 4. The van der Waals surface area contributed by atoms with Crippen LogP contribution in [0.4, 0.5) is 5.69 Å². The van der Waals surface area contributed by atoms with Crippen LogP contribution in [0.1, 0.15) is 17.8 Å². The number of hydrogen-bond donors (Lipinski definition) is 2. The van der Waals surface area contributed by atoms with Crippen LogP contribution < -0.4 is 9.47 Å². The first kappa shape index (κ1) is 40.2. The van der Waals surface area contributed by atoms with Gasteiger partial charge in [0.05, 0.1) is 95.6 Å². The van der Waals surface area contributed by atoms with Gasteiger partial charge in [-0.05, 0) is 24.3 Å². The molecule has 1 aliphatic heterocycles. The minimum Gasteiger partial charge on any atom is -0.513 e. The van der Waals surface area contributed by atoms with E-state index < -0.39 is 5.97 Å². The topological polar surface area (TPSA) is 120 Å². The summed E-state index contributed by atoms with van der Waals surface area (Å²) in [6.45, 7) is 10.3. The lowest BCUT2D eigenvalue weighted by Crippen LogP contribution is -2.37. The van der Waals surface area contributed by atoms with Crippen molar-refractivity contribution in [1.29, 1.82) is 0 Å². The van der Waals surface area contributed by atoms with Crippen molar-refractivity contribution in [3.8, 4) is 0 Å². The number of nitrogens with zero attached hydrogens (tertiary/aromatic N) is 2. The number of hydrogen-bond acceptors (Lipinski definition) is 11. The quantitative estimate of drug-likeness (QED) is 0.0400. The molecule has 0 bridgehead atoms. The number of aliphatic hydroxyl groups is 1. The first-order valence-electron chi connectivity index (χ1n) is 17.1. The van der Waals surface area contributed by atoms with Gasteiger partial charge in [-0.15, -0.1) is 0 Å². The lowest BCUT2D eigenvalue weighted by molar-refractivity contribution is -0.670. The highest BCUT2D eigenvalue weighted by Crippen LogP contribution is 2.45. The molecule has 1 aromatic heterocycles. The Labute approximate surface area is 308 Å². The summed E-state index contributed by atoms with van der Waals surface area (Å²) in [5, 5.41) is 20.0. The van der Waals surface area contributed by atoms with Crippen LogP contribution in [0.2, 0.25) is 0 Å². The summed E-state index contributed by atoms with van der Waals surface area (Å²) in [5.41, 5.74) is 2.36. The molecule has 0 saturated carbocycles. The minimum absolute atomic E-state index is 0.00424. The Bertz CT molecular complexity index is 1590. The molecule has 4 rings (SSSR count). The van der Waals surface area contributed by atoms with E-state index in [4.69, 9.17) is 38.6 Å². The number of aliphatic carboxylic acids is 1. The second-order valence-electron chi connectivity index (χ2n) is 11.2. The van der Waals surface area contributed by atoms with E-state index in [0.29, 0.717) is 85.6 Å². The van der Waals surface area contributed by atoms with E-state index in [2.05, 4.69) is 95.0 Å². The van der Waals surface area contributed by atoms with Gasteiger partial charge in [0.25, 0.3) is 5.01 Å². The molecule has 276 valence electrons. The van der Waals surface area contributed by atoms with Crippen LogP contribution >= 0.6 is 23.1 Å². The largest absolute Gasteiger partial charge is 0.513 e. The van der Waals surface area contributed by atoms with Crippen LogP contribution in [0.25, 0.3) is 16.3 Å². The molecule has 3 aromatic rings. The number of benzene rings is 2. The highest BCUT2D eigenvalue weighted by Gasteiger charge is 2.24. The Balaban J connectivity index is 1.21. The second kappa shape index (κ2) is 23.8. The zero-order valence-electron chi connectivity index (χ0n) is 29.0. The van der Waals surface area contributed by atoms with Crippen LogP contribution in [-0.2, 0) is 39.8 Å². The molecule has 2 aromatic carbocycles. The number of ether oxygens (including phenoxy) is 6. The summed E-state index contributed by atoms with van der Waals surface area (Å²) < 4.78 is 36.9. The van der Waals surface area contributed by atoms with E-state index in [1.54, 1.807) is 23.1 Å². The maximum atomic E-state index is 10.5. The van der Waals surface area contributed by atoms with E-state index in [9.17, 15) is 4.79 Å². The number of aromatic nitrogens is 1. The normalized spacial score (nSPS) is 13.7. The van der Waals surface area contributed by atoms with Gasteiger partial charge in [-0.1, -0.05) is 72.2 Å². The van der Waals surface area contributed by atoms with Gasteiger partial charge >= 0.3 is 5.97 Å². The fourth-order valence-corrected chi connectivity index (χ4v) is 7.10.